The normalized spacial score (nSPS) is 22.9. The molecule has 1 aliphatic carbocycles. The summed E-state index contributed by atoms with van der Waals surface area (Å²) in [7, 11) is 0. The van der Waals surface area contributed by atoms with E-state index in [9.17, 15) is 23.5 Å². The molecule has 4 N–H and O–H groups in total. The van der Waals surface area contributed by atoms with Crippen LogP contribution in [0.4, 0.5) is 14.5 Å². The minimum absolute atomic E-state index is 0.00661. The van der Waals surface area contributed by atoms with Crippen LogP contribution in [-0.2, 0) is 17.8 Å². The van der Waals surface area contributed by atoms with Crippen LogP contribution in [0, 0.1) is 11.8 Å². The Morgan fingerprint density at radius 1 is 1.02 bits per heavy atom. The molecule has 6 rings (SSSR count). The third-order valence-corrected chi connectivity index (χ3v) is 10.3. The van der Waals surface area contributed by atoms with Crippen LogP contribution < -0.4 is 21.3 Å². The lowest BCUT2D eigenvalue weighted by atomic mass is 9.73. The standard InChI is InChI=1S/C36H45F2N5O4/c37-36(38)15-12-29(30(22-36)27-4-2-1-3-5-27)33(44)42-20-16-35(46,17-21-42)23-43-24-41-32(31(39)34(43)45)47-28-10-8-25(9-11-28)6-7-26-13-18-40-19-14-26/h1-5,8-11,24,26,29-30,40,46H,6-7,12-23,39H2/t29-,30+/m1/s1. The van der Waals surface area contributed by atoms with Gasteiger partial charge in [0.1, 0.15) is 12.1 Å². The highest BCUT2D eigenvalue weighted by Gasteiger charge is 2.46. The van der Waals surface area contributed by atoms with Gasteiger partial charge in [0.25, 0.3) is 5.56 Å². The Labute approximate surface area is 274 Å². The summed E-state index contributed by atoms with van der Waals surface area (Å²) in [6.07, 6.45) is 5.82. The third-order valence-electron chi connectivity index (χ3n) is 10.3. The topological polar surface area (TPSA) is 123 Å². The number of nitrogen functional groups attached to an aromatic ring is 1. The highest BCUT2D eigenvalue weighted by molar-refractivity contribution is 5.80. The molecular weight excluding hydrogens is 604 g/mol. The first-order valence-electron chi connectivity index (χ1n) is 16.9. The van der Waals surface area contributed by atoms with Crippen molar-refractivity contribution in [1.29, 1.82) is 0 Å². The number of ether oxygens (including phenoxy) is 1. The van der Waals surface area contributed by atoms with Crippen molar-refractivity contribution in [3.63, 3.8) is 0 Å². The van der Waals surface area contributed by atoms with Gasteiger partial charge in [0.2, 0.25) is 17.7 Å². The van der Waals surface area contributed by atoms with Crippen molar-refractivity contribution >= 4 is 11.6 Å². The molecule has 1 aromatic heterocycles. The Balaban J connectivity index is 1.04. The third kappa shape index (κ3) is 8.01. The molecule has 11 heteroatoms. The van der Waals surface area contributed by atoms with E-state index in [0.29, 0.717) is 5.75 Å². The number of aryl methyl sites for hydroxylation is 1. The summed E-state index contributed by atoms with van der Waals surface area (Å²) in [5, 5.41) is 14.8. The molecule has 0 spiro atoms. The van der Waals surface area contributed by atoms with Gasteiger partial charge in [0, 0.05) is 37.8 Å². The number of aliphatic hydroxyl groups is 1. The smallest absolute Gasteiger partial charge is 0.280 e. The van der Waals surface area contributed by atoms with Crippen LogP contribution in [0.2, 0.25) is 0 Å². The van der Waals surface area contributed by atoms with Crippen LogP contribution in [-0.4, -0.2) is 63.2 Å². The van der Waals surface area contributed by atoms with E-state index < -0.39 is 28.9 Å². The molecule has 0 radical (unpaired) electrons. The first-order valence-corrected chi connectivity index (χ1v) is 16.9. The predicted octanol–water partition coefficient (Wildman–Crippen LogP) is 5.12. The number of aromatic nitrogens is 2. The Bertz CT molecular complexity index is 1570. The molecule has 252 valence electrons. The monoisotopic (exact) mass is 649 g/mol. The number of carbonyl (C=O) groups excluding carboxylic acids is 1. The lowest BCUT2D eigenvalue weighted by Gasteiger charge is -2.42. The summed E-state index contributed by atoms with van der Waals surface area (Å²) in [6.45, 7) is 2.66. The molecule has 2 saturated heterocycles. The lowest BCUT2D eigenvalue weighted by Crippen LogP contribution is -2.52. The summed E-state index contributed by atoms with van der Waals surface area (Å²) in [4.78, 5) is 32.7. The van der Waals surface area contributed by atoms with Gasteiger partial charge < -0.3 is 25.8 Å². The average Bonchev–Trinajstić information content (AvgIpc) is 3.08. The molecule has 2 aromatic carbocycles. The van der Waals surface area contributed by atoms with Gasteiger partial charge in [-0.3, -0.25) is 14.2 Å². The van der Waals surface area contributed by atoms with Gasteiger partial charge in [-0.2, -0.15) is 0 Å². The molecule has 9 nitrogen and oxygen atoms in total. The van der Waals surface area contributed by atoms with Gasteiger partial charge in [-0.25, -0.2) is 13.8 Å². The minimum Gasteiger partial charge on any atom is -0.437 e. The van der Waals surface area contributed by atoms with Gasteiger partial charge in [-0.15, -0.1) is 0 Å². The first kappa shape index (κ1) is 33.1. The first-order chi connectivity index (χ1) is 22.6. The zero-order valence-electron chi connectivity index (χ0n) is 26.8. The number of piperidine rings is 2. The summed E-state index contributed by atoms with van der Waals surface area (Å²) >= 11 is 0. The van der Waals surface area contributed by atoms with E-state index in [-0.39, 0.29) is 69.2 Å². The summed E-state index contributed by atoms with van der Waals surface area (Å²) in [6, 6.07) is 16.8. The number of anilines is 1. The van der Waals surface area contributed by atoms with E-state index in [1.165, 1.54) is 29.3 Å². The predicted molar refractivity (Wildman–Crippen MR) is 176 cm³/mol. The number of rotatable bonds is 9. The molecule has 0 bridgehead atoms. The lowest BCUT2D eigenvalue weighted by molar-refractivity contribution is -0.145. The second kappa shape index (κ2) is 14.1. The molecule has 3 heterocycles. The van der Waals surface area contributed by atoms with E-state index in [1.807, 2.05) is 42.5 Å². The number of hydrogen-bond donors (Lipinski definition) is 3. The van der Waals surface area contributed by atoms with E-state index in [1.54, 1.807) is 17.0 Å². The van der Waals surface area contributed by atoms with Crippen LogP contribution in [0.15, 0.2) is 65.7 Å². The number of alkyl halides is 2. The van der Waals surface area contributed by atoms with Crippen molar-refractivity contribution in [2.24, 2.45) is 11.8 Å². The summed E-state index contributed by atoms with van der Waals surface area (Å²) in [5.41, 5.74) is 6.19. The Morgan fingerprint density at radius 2 is 1.72 bits per heavy atom. The van der Waals surface area contributed by atoms with Crippen molar-refractivity contribution < 1.29 is 23.4 Å². The van der Waals surface area contributed by atoms with Gasteiger partial charge >= 0.3 is 0 Å². The number of nitrogens with one attached hydrogen (secondary N) is 1. The summed E-state index contributed by atoms with van der Waals surface area (Å²) < 4.78 is 35.9. The van der Waals surface area contributed by atoms with Gasteiger partial charge in [-0.05, 0) is 87.2 Å². The highest BCUT2D eigenvalue weighted by Crippen LogP contribution is 2.46. The summed E-state index contributed by atoms with van der Waals surface area (Å²) in [5.74, 6) is -2.79. The van der Waals surface area contributed by atoms with Gasteiger partial charge in [0.15, 0.2) is 5.69 Å². The number of hydrogen-bond acceptors (Lipinski definition) is 7. The maximum absolute atomic E-state index is 14.4. The van der Waals surface area contributed by atoms with Crippen molar-refractivity contribution in [1.82, 2.24) is 19.8 Å². The van der Waals surface area contributed by atoms with E-state index in [0.717, 1.165) is 37.4 Å². The molecule has 3 fully saturated rings. The number of nitrogens with zero attached hydrogens (tertiary/aromatic N) is 3. The number of likely N-dealkylation sites (tertiary alicyclic amines) is 1. The maximum atomic E-state index is 14.4. The molecule has 47 heavy (non-hydrogen) atoms. The number of nitrogens with two attached hydrogens (primary N) is 1. The largest absolute Gasteiger partial charge is 0.437 e. The average molecular weight is 650 g/mol. The minimum atomic E-state index is -2.81. The zero-order valence-corrected chi connectivity index (χ0v) is 26.8. The second-order valence-electron chi connectivity index (χ2n) is 13.6. The fraction of sp³-hybridized carbons (Fsp3) is 0.528. The molecule has 1 amide bonds. The number of benzene rings is 2. The van der Waals surface area contributed by atoms with E-state index in [4.69, 9.17) is 10.5 Å². The Hall–Kier alpha value is -3.83. The fourth-order valence-corrected chi connectivity index (χ4v) is 7.39. The molecule has 1 saturated carbocycles. The van der Waals surface area contributed by atoms with Crippen LogP contribution >= 0.6 is 0 Å². The van der Waals surface area contributed by atoms with Crippen LogP contribution in [0.5, 0.6) is 11.6 Å². The van der Waals surface area contributed by atoms with Crippen molar-refractivity contribution in [2.45, 2.75) is 81.8 Å². The Morgan fingerprint density at radius 3 is 2.43 bits per heavy atom. The Kier molecular flexibility index (Phi) is 9.93. The second-order valence-corrected chi connectivity index (χ2v) is 13.6. The molecule has 0 unspecified atom stereocenters. The molecule has 2 atom stereocenters. The van der Waals surface area contributed by atoms with Gasteiger partial charge in [0.05, 0.1) is 12.1 Å². The molecular formula is C36H45F2N5O4. The SMILES string of the molecule is Nc1c(Oc2ccc(CCC3CCNCC3)cc2)ncn(CC2(O)CCN(C(=O)[C@@H]3CCC(F)(F)C[C@H]3c3ccccc3)CC2)c1=O. The van der Waals surface area contributed by atoms with Crippen LogP contribution in [0.3, 0.4) is 0 Å². The van der Waals surface area contributed by atoms with Crippen molar-refractivity contribution in [3.05, 3.63) is 82.4 Å². The van der Waals surface area contributed by atoms with Crippen molar-refractivity contribution in [2.75, 3.05) is 31.9 Å². The fourth-order valence-electron chi connectivity index (χ4n) is 7.39. The maximum Gasteiger partial charge on any atom is 0.280 e. The van der Waals surface area contributed by atoms with Crippen molar-refractivity contribution in [3.8, 4) is 11.6 Å². The van der Waals surface area contributed by atoms with E-state index in [2.05, 4.69) is 10.3 Å². The number of halogens is 2. The number of amides is 1. The quantitative estimate of drug-likeness (QED) is 0.294. The zero-order chi connectivity index (χ0) is 33.0. The molecule has 3 aromatic rings. The molecule has 2 aliphatic heterocycles. The van der Waals surface area contributed by atoms with Crippen LogP contribution in [0.1, 0.15) is 68.4 Å². The van der Waals surface area contributed by atoms with Crippen LogP contribution in [0.25, 0.3) is 0 Å². The van der Waals surface area contributed by atoms with E-state index >= 15 is 0 Å². The highest BCUT2D eigenvalue weighted by atomic mass is 19.3. The van der Waals surface area contributed by atoms with Gasteiger partial charge in [-0.1, -0.05) is 42.5 Å². The number of carbonyl (C=O) groups is 1. The molecule has 3 aliphatic rings.